The minimum Gasteiger partial charge on any atom is -0.493 e. The van der Waals surface area contributed by atoms with Gasteiger partial charge in [0.05, 0.1) is 6.61 Å². The molecule has 0 saturated carbocycles. The molecule has 146 valence electrons. The molecule has 0 fully saturated rings. The van der Waals surface area contributed by atoms with Crippen molar-refractivity contribution >= 4 is 23.5 Å². The van der Waals surface area contributed by atoms with Gasteiger partial charge in [-0.15, -0.1) is 0 Å². The zero-order valence-electron chi connectivity index (χ0n) is 15.0. The molecule has 0 aliphatic rings. The molecule has 27 heavy (non-hydrogen) atoms. The number of aromatic nitrogens is 2. The van der Waals surface area contributed by atoms with Crippen molar-refractivity contribution in [3.63, 3.8) is 0 Å². The molecule has 1 heterocycles. The molecule has 0 aliphatic heterocycles. The maximum absolute atomic E-state index is 13.8. The van der Waals surface area contributed by atoms with Crippen molar-refractivity contribution in [2.45, 2.75) is 23.9 Å². The quantitative estimate of drug-likeness (QED) is 0.486. The van der Waals surface area contributed by atoms with Crippen LogP contribution in [0.15, 0.2) is 23.4 Å². The second-order valence-corrected chi connectivity index (χ2v) is 6.93. The van der Waals surface area contributed by atoms with Gasteiger partial charge in [-0.3, -0.25) is 4.79 Å². The molecule has 0 aliphatic carbocycles. The van der Waals surface area contributed by atoms with E-state index in [2.05, 4.69) is 15.3 Å². The van der Waals surface area contributed by atoms with E-state index in [0.717, 1.165) is 17.8 Å². The molecular formula is C17H20F2N4O3S. The van der Waals surface area contributed by atoms with Crippen LogP contribution in [-0.4, -0.2) is 57.7 Å². The number of nitrogens with one attached hydrogen (secondary N) is 1. The average molecular weight is 398 g/mol. The number of aromatic hydroxyl groups is 1. The maximum atomic E-state index is 13.8. The Hall–Kier alpha value is -2.46. The van der Waals surface area contributed by atoms with Gasteiger partial charge in [0.2, 0.25) is 5.88 Å². The van der Waals surface area contributed by atoms with Gasteiger partial charge in [0, 0.05) is 31.5 Å². The first-order valence-electron chi connectivity index (χ1n) is 8.00. The van der Waals surface area contributed by atoms with Gasteiger partial charge in [-0.25, -0.2) is 13.8 Å². The van der Waals surface area contributed by atoms with E-state index in [1.807, 2.05) is 0 Å². The molecule has 7 nitrogen and oxygen atoms in total. The number of nitrogens with zero attached hydrogens (tertiary/aromatic N) is 3. The summed E-state index contributed by atoms with van der Waals surface area (Å²) in [6.07, 6.45) is 0. The number of thioether (sulfide) groups is 1. The van der Waals surface area contributed by atoms with Crippen LogP contribution in [0.2, 0.25) is 0 Å². The Morgan fingerprint density at radius 3 is 2.67 bits per heavy atom. The van der Waals surface area contributed by atoms with Crippen molar-refractivity contribution in [3.8, 4) is 5.88 Å². The van der Waals surface area contributed by atoms with Gasteiger partial charge in [-0.05, 0) is 13.0 Å². The van der Waals surface area contributed by atoms with Crippen LogP contribution in [-0.2, 0) is 5.75 Å². The third kappa shape index (κ3) is 5.04. The van der Waals surface area contributed by atoms with E-state index >= 15 is 0 Å². The lowest BCUT2D eigenvalue weighted by Gasteiger charge is -2.18. The largest absolute Gasteiger partial charge is 0.493 e. The first-order valence-corrected chi connectivity index (χ1v) is 8.98. The highest BCUT2D eigenvalue weighted by Gasteiger charge is 2.23. The molecule has 0 saturated heterocycles. The molecule has 1 aromatic heterocycles. The topological polar surface area (TPSA) is 98.6 Å². The molecule has 1 amide bonds. The number of carbonyl (C=O) groups is 1. The molecule has 2 aromatic rings. The fraction of sp³-hybridized carbons (Fsp3) is 0.353. The van der Waals surface area contributed by atoms with Crippen LogP contribution in [0.1, 0.15) is 22.8 Å². The van der Waals surface area contributed by atoms with E-state index in [-0.39, 0.29) is 34.5 Å². The minimum atomic E-state index is -0.958. The summed E-state index contributed by atoms with van der Waals surface area (Å²) in [5, 5.41) is 22.4. The first kappa shape index (κ1) is 20.8. The molecule has 10 heteroatoms. The van der Waals surface area contributed by atoms with Gasteiger partial charge in [-0.1, -0.05) is 23.9 Å². The summed E-state index contributed by atoms with van der Waals surface area (Å²) < 4.78 is 27.1. The van der Waals surface area contributed by atoms with Crippen LogP contribution in [0.4, 0.5) is 14.6 Å². The predicted octanol–water partition coefficient (Wildman–Crippen LogP) is 2.25. The number of hydrogen-bond donors (Lipinski definition) is 3. The Morgan fingerprint density at radius 1 is 1.33 bits per heavy atom. The fourth-order valence-electron chi connectivity index (χ4n) is 2.10. The number of hydrogen-bond acceptors (Lipinski definition) is 7. The number of benzene rings is 1. The van der Waals surface area contributed by atoms with E-state index in [1.165, 1.54) is 31.1 Å². The standard InChI is InChI=1S/C17H20F2N4O3S/c1-9(7-24)20-14-12(16(26)23(2)3)15(25)22-17(21-14)27-8-10-5-4-6-11(18)13(10)19/h4-6,9,24H,7-8H2,1-3H3,(H2,20,21,22,25)/t9-/m1/s1. The highest BCUT2D eigenvalue weighted by Crippen LogP contribution is 2.29. The van der Waals surface area contributed by atoms with Crippen molar-refractivity contribution in [1.82, 2.24) is 14.9 Å². The Balaban J connectivity index is 2.34. The summed E-state index contributed by atoms with van der Waals surface area (Å²) in [6.45, 7) is 1.44. The number of halogens is 2. The van der Waals surface area contributed by atoms with Gasteiger partial charge >= 0.3 is 0 Å². The van der Waals surface area contributed by atoms with Crippen LogP contribution >= 0.6 is 11.8 Å². The SMILES string of the molecule is C[C@H](CO)Nc1nc(SCc2cccc(F)c2F)nc(O)c1C(=O)N(C)C. The number of amides is 1. The van der Waals surface area contributed by atoms with E-state index in [9.17, 15) is 23.8 Å². The van der Waals surface area contributed by atoms with Crippen LogP contribution in [0.5, 0.6) is 5.88 Å². The van der Waals surface area contributed by atoms with E-state index < -0.39 is 29.5 Å². The highest BCUT2D eigenvalue weighted by molar-refractivity contribution is 7.98. The van der Waals surface area contributed by atoms with Crippen molar-refractivity contribution in [3.05, 3.63) is 41.0 Å². The molecule has 0 bridgehead atoms. The van der Waals surface area contributed by atoms with Crippen molar-refractivity contribution in [2.24, 2.45) is 0 Å². The van der Waals surface area contributed by atoms with E-state index in [1.54, 1.807) is 6.92 Å². The molecule has 2 rings (SSSR count). The summed E-state index contributed by atoms with van der Waals surface area (Å²) in [4.78, 5) is 21.6. The van der Waals surface area contributed by atoms with Crippen LogP contribution in [0.25, 0.3) is 0 Å². The number of aliphatic hydroxyl groups excluding tert-OH is 1. The molecule has 0 unspecified atom stereocenters. The van der Waals surface area contributed by atoms with Crippen molar-refractivity contribution < 1.29 is 23.8 Å². The molecule has 1 atom stereocenters. The first-order chi connectivity index (χ1) is 12.7. The smallest absolute Gasteiger partial charge is 0.262 e. The zero-order valence-corrected chi connectivity index (χ0v) is 15.8. The average Bonchev–Trinajstić information content (AvgIpc) is 2.62. The normalized spacial score (nSPS) is 11.9. The van der Waals surface area contributed by atoms with Crippen molar-refractivity contribution in [1.29, 1.82) is 0 Å². The second-order valence-electron chi connectivity index (χ2n) is 5.98. The lowest BCUT2D eigenvalue weighted by molar-refractivity contribution is 0.0824. The zero-order chi connectivity index (χ0) is 20.1. The fourth-order valence-corrected chi connectivity index (χ4v) is 2.91. The number of anilines is 1. The summed E-state index contributed by atoms with van der Waals surface area (Å²) in [7, 11) is 3.02. The van der Waals surface area contributed by atoms with Gasteiger partial charge in [0.1, 0.15) is 11.4 Å². The second kappa shape index (κ2) is 8.96. The lowest BCUT2D eigenvalue weighted by Crippen LogP contribution is -2.27. The summed E-state index contributed by atoms with van der Waals surface area (Å²) in [6, 6.07) is 3.40. The van der Waals surface area contributed by atoms with Crippen LogP contribution in [0, 0.1) is 11.6 Å². The minimum absolute atomic E-state index is 0.0268. The Kier molecular flexibility index (Phi) is 6.92. The maximum Gasteiger partial charge on any atom is 0.262 e. The van der Waals surface area contributed by atoms with Gasteiger partial charge < -0.3 is 20.4 Å². The van der Waals surface area contributed by atoms with Crippen LogP contribution in [0.3, 0.4) is 0 Å². The Bertz CT molecular complexity index is 836. The predicted molar refractivity (Wildman–Crippen MR) is 97.8 cm³/mol. The van der Waals surface area contributed by atoms with E-state index in [0.29, 0.717) is 0 Å². The molecule has 0 radical (unpaired) electrons. The number of rotatable bonds is 7. The Morgan fingerprint density at radius 2 is 2.04 bits per heavy atom. The van der Waals surface area contributed by atoms with Gasteiger partial charge in [0.25, 0.3) is 5.91 Å². The Labute approximate surface area is 159 Å². The van der Waals surface area contributed by atoms with E-state index in [4.69, 9.17) is 0 Å². The molecular weight excluding hydrogens is 378 g/mol. The third-order valence-electron chi connectivity index (χ3n) is 3.53. The third-order valence-corrected chi connectivity index (χ3v) is 4.43. The summed E-state index contributed by atoms with van der Waals surface area (Å²) in [5.74, 6) is -2.90. The highest BCUT2D eigenvalue weighted by atomic mass is 32.2. The summed E-state index contributed by atoms with van der Waals surface area (Å²) in [5.41, 5.74) is -0.0173. The summed E-state index contributed by atoms with van der Waals surface area (Å²) >= 11 is 0.972. The van der Waals surface area contributed by atoms with Gasteiger partial charge in [0.15, 0.2) is 16.8 Å². The lowest BCUT2D eigenvalue weighted by atomic mass is 10.2. The number of aliphatic hydroxyl groups is 1. The molecule has 3 N–H and O–H groups in total. The van der Waals surface area contributed by atoms with Crippen molar-refractivity contribution in [2.75, 3.05) is 26.0 Å². The monoisotopic (exact) mass is 398 g/mol. The number of carbonyl (C=O) groups excluding carboxylic acids is 1. The van der Waals surface area contributed by atoms with Gasteiger partial charge in [-0.2, -0.15) is 4.98 Å². The molecule has 0 spiro atoms. The van der Waals surface area contributed by atoms with Crippen LogP contribution < -0.4 is 5.32 Å². The molecule has 1 aromatic carbocycles.